The molecule has 2 N–H and O–H groups in total. The largest absolute Gasteiger partial charge is 0.494 e. The zero-order chi connectivity index (χ0) is 36.1. The number of carbonyl (C=O) groups is 2. The SMILES string of the molecule is CCOc1ccc(Br)cc1C1CC(=O)Nc2cc(OC)c(OC)c(OC)c21.COc1ccc2c(c1OC)C(c1cc(Br)ccc1F)CC(=O)N2. The van der Waals surface area contributed by atoms with E-state index in [0.717, 1.165) is 31.4 Å². The fraction of sp³-hybridized carbons (Fsp3) is 0.297. The van der Waals surface area contributed by atoms with Crippen LogP contribution in [0.5, 0.6) is 34.5 Å². The smallest absolute Gasteiger partial charge is 0.225 e. The summed E-state index contributed by atoms with van der Waals surface area (Å²) in [4.78, 5) is 24.5. The normalized spacial score (nSPS) is 16.0. The average molecular weight is 817 g/mol. The molecule has 6 rings (SSSR count). The van der Waals surface area contributed by atoms with E-state index in [0.29, 0.717) is 52.3 Å². The van der Waals surface area contributed by atoms with Gasteiger partial charge in [0.25, 0.3) is 0 Å². The van der Waals surface area contributed by atoms with Crippen molar-refractivity contribution in [2.24, 2.45) is 0 Å². The van der Waals surface area contributed by atoms with Gasteiger partial charge < -0.3 is 39.1 Å². The van der Waals surface area contributed by atoms with Gasteiger partial charge in [-0.25, -0.2) is 4.39 Å². The molecule has 4 aromatic rings. The second kappa shape index (κ2) is 16.0. The van der Waals surface area contributed by atoms with E-state index in [1.54, 1.807) is 58.8 Å². The summed E-state index contributed by atoms with van der Waals surface area (Å²) >= 11 is 6.88. The van der Waals surface area contributed by atoms with Crippen LogP contribution in [0.1, 0.15) is 53.9 Å². The van der Waals surface area contributed by atoms with E-state index in [9.17, 15) is 14.0 Å². The number of nitrogens with one attached hydrogen (secondary N) is 2. The Morgan fingerprint density at radius 1 is 0.640 bits per heavy atom. The molecule has 4 aromatic carbocycles. The number of carbonyl (C=O) groups excluding carboxylic acids is 2. The summed E-state index contributed by atoms with van der Waals surface area (Å²) in [5, 5.41) is 5.73. The second-order valence-electron chi connectivity index (χ2n) is 11.3. The van der Waals surface area contributed by atoms with Crippen LogP contribution < -0.4 is 39.1 Å². The van der Waals surface area contributed by atoms with Crippen LogP contribution >= 0.6 is 31.9 Å². The first-order valence-electron chi connectivity index (χ1n) is 15.6. The number of hydrogen-bond donors (Lipinski definition) is 2. The highest BCUT2D eigenvalue weighted by Crippen LogP contribution is 2.53. The molecule has 0 fully saturated rings. The van der Waals surface area contributed by atoms with Crippen LogP contribution in [-0.4, -0.2) is 54.0 Å². The third-order valence-electron chi connectivity index (χ3n) is 8.46. The molecule has 13 heteroatoms. The van der Waals surface area contributed by atoms with E-state index in [1.807, 2.05) is 25.1 Å². The van der Waals surface area contributed by atoms with Crippen molar-refractivity contribution >= 4 is 55.0 Å². The maximum absolute atomic E-state index is 14.4. The number of amides is 2. The van der Waals surface area contributed by atoms with Crippen molar-refractivity contribution in [2.75, 3.05) is 52.8 Å². The lowest BCUT2D eigenvalue weighted by molar-refractivity contribution is -0.117. The molecule has 2 heterocycles. The molecule has 0 saturated carbocycles. The quantitative estimate of drug-likeness (QED) is 0.173. The topological polar surface area (TPSA) is 114 Å². The zero-order valence-electron chi connectivity index (χ0n) is 28.4. The lowest BCUT2D eigenvalue weighted by Gasteiger charge is -2.30. The highest BCUT2D eigenvalue weighted by molar-refractivity contribution is 9.10. The van der Waals surface area contributed by atoms with Gasteiger partial charge in [0.05, 0.1) is 47.8 Å². The minimum atomic E-state index is -0.443. The summed E-state index contributed by atoms with van der Waals surface area (Å²) < 4.78 is 49.3. The number of halogens is 3. The van der Waals surface area contributed by atoms with Crippen molar-refractivity contribution in [2.45, 2.75) is 31.6 Å². The Kier molecular flexibility index (Phi) is 11.8. The summed E-state index contributed by atoms with van der Waals surface area (Å²) in [5.41, 5.74) is 4.18. The van der Waals surface area contributed by atoms with E-state index in [2.05, 4.69) is 42.5 Å². The molecule has 0 radical (unpaired) electrons. The Labute approximate surface area is 306 Å². The van der Waals surface area contributed by atoms with Crippen LogP contribution in [0.15, 0.2) is 63.5 Å². The lowest BCUT2D eigenvalue weighted by Crippen LogP contribution is -2.25. The molecule has 50 heavy (non-hydrogen) atoms. The maximum Gasteiger partial charge on any atom is 0.225 e. The van der Waals surface area contributed by atoms with Gasteiger partial charge in [0.2, 0.25) is 17.6 Å². The van der Waals surface area contributed by atoms with Crippen LogP contribution in [0.4, 0.5) is 15.8 Å². The van der Waals surface area contributed by atoms with E-state index in [4.69, 9.17) is 28.4 Å². The second-order valence-corrected chi connectivity index (χ2v) is 13.1. The first kappa shape index (κ1) is 36.8. The summed E-state index contributed by atoms with van der Waals surface area (Å²) in [7, 11) is 7.76. The number of benzene rings is 4. The number of methoxy groups -OCH3 is 5. The molecule has 0 saturated heterocycles. The molecule has 0 spiro atoms. The predicted molar refractivity (Wildman–Crippen MR) is 195 cm³/mol. The predicted octanol–water partition coefficient (Wildman–Crippen LogP) is 8.43. The van der Waals surface area contributed by atoms with Crippen molar-refractivity contribution in [1.29, 1.82) is 0 Å². The summed E-state index contributed by atoms with van der Waals surface area (Å²) in [5.74, 6) is 2.03. The fourth-order valence-electron chi connectivity index (χ4n) is 6.40. The van der Waals surface area contributed by atoms with Gasteiger partial charge in [-0.3, -0.25) is 9.59 Å². The van der Waals surface area contributed by atoms with Gasteiger partial charge in [-0.15, -0.1) is 0 Å². The van der Waals surface area contributed by atoms with E-state index in [1.165, 1.54) is 13.2 Å². The highest BCUT2D eigenvalue weighted by atomic mass is 79.9. The molecule has 2 amide bonds. The Hall–Kier alpha value is -4.49. The van der Waals surface area contributed by atoms with Crippen molar-refractivity contribution in [1.82, 2.24) is 0 Å². The molecule has 2 atom stereocenters. The first-order chi connectivity index (χ1) is 24.1. The summed E-state index contributed by atoms with van der Waals surface area (Å²) in [6.45, 7) is 2.46. The van der Waals surface area contributed by atoms with Gasteiger partial charge >= 0.3 is 0 Å². The Balaban J connectivity index is 0.000000197. The van der Waals surface area contributed by atoms with Gasteiger partial charge in [0.15, 0.2) is 23.0 Å². The zero-order valence-corrected chi connectivity index (χ0v) is 31.5. The van der Waals surface area contributed by atoms with E-state index >= 15 is 0 Å². The monoisotopic (exact) mass is 814 g/mol. The molecular formula is C37H37Br2FN2O8. The van der Waals surface area contributed by atoms with Gasteiger partial charge in [-0.2, -0.15) is 0 Å². The third kappa shape index (κ3) is 7.34. The lowest BCUT2D eigenvalue weighted by atomic mass is 9.83. The van der Waals surface area contributed by atoms with Gasteiger partial charge in [0.1, 0.15) is 11.6 Å². The Bertz CT molecular complexity index is 1920. The molecule has 0 aliphatic carbocycles. The van der Waals surface area contributed by atoms with Crippen molar-refractivity contribution < 1.29 is 42.4 Å². The van der Waals surface area contributed by atoms with E-state index in [-0.39, 0.29) is 36.4 Å². The Morgan fingerprint density at radius 2 is 1.18 bits per heavy atom. The summed E-state index contributed by atoms with van der Waals surface area (Å²) in [6.07, 6.45) is 0.416. The number of rotatable bonds is 9. The van der Waals surface area contributed by atoms with Crippen LogP contribution in [0.25, 0.3) is 0 Å². The molecule has 264 valence electrons. The molecule has 2 aliphatic rings. The Morgan fingerprint density at radius 3 is 1.78 bits per heavy atom. The van der Waals surface area contributed by atoms with Crippen molar-refractivity contribution in [3.05, 3.63) is 91.6 Å². The number of fused-ring (bicyclic) bond motifs is 2. The van der Waals surface area contributed by atoms with Crippen LogP contribution in [0.3, 0.4) is 0 Å². The number of anilines is 2. The van der Waals surface area contributed by atoms with E-state index < -0.39 is 5.92 Å². The molecule has 2 unspecified atom stereocenters. The van der Waals surface area contributed by atoms with Crippen molar-refractivity contribution in [3.63, 3.8) is 0 Å². The van der Waals surface area contributed by atoms with Gasteiger partial charge in [0, 0.05) is 62.1 Å². The maximum atomic E-state index is 14.4. The number of ether oxygens (including phenoxy) is 6. The summed E-state index contributed by atoms with van der Waals surface area (Å²) in [6, 6.07) is 15.7. The van der Waals surface area contributed by atoms with Crippen LogP contribution in [-0.2, 0) is 9.59 Å². The molecular weight excluding hydrogens is 779 g/mol. The van der Waals surface area contributed by atoms with Gasteiger partial charge in [-0.05, 0) is 61.0 Å². The first-order valence-corrected chi connectivity index (χ1v) is 17.2. The molecule has 0 bridgehead atoms. The molecule has 2 aliphatic heterocycles. The van der Waals surface area contributed by atoms with Gasteiger partial charge in [-0.1, -0.05) is 31.9 Å². The minimum absolute atomic E-state index is 0.0794. The minimum Gasteiger partial charge on any atom is -0.494 e. The van der Waals surface area contributed by atoms with Crippen molar-refractivity contribution in [3.8, 4) is 34.5 Å². The average Bonchev–Trinajstić information content (AvgIpc) is 3.11. The standard InChI is InChI=1S/C20H22BrNO5.C17H15BrFNO3/c1-5-27-15-7-6-11(21)8-12(15)13-9-17(23)22-14-10-16(24-2)19(25-3)20(26-4)18(13)14;1-22-14-6-5-13-16(17(14)23-2)11(8-15(21)20-13)10-7-9(18)3-4-12(10)19/h6-8,10,13H,5,9H2,1-4H3,(H,22,23);3-7,11H,8H2,1-2H3,(H,20,21). The highest BCUT2D eigenvalue weighted by Gasteiger charge is 2.35. The van der Waals surface area contributed by atoms with Crippen LogP contribution in [0.2, 0.25) is 0 Å². The fourth-order valence-corrected chi connectivity index (χ4v) is 7.16. The third-order valence-corrected chi connectivity index (χ3v) is 9.44. The molecule has 0 aromatic heterocycles. The van der Waals surface area contributed by atoms with Crippen LogP contribution in [0, 0.1) is 5.82 Å². The molecule has 10 nitrogen and oxygen atoms in total. The number of hydrogen-bond acceptors (Lipinski definition) is 8.